The molecule has 0 bridgehead atoms. The van der Waals surface area contributed by atoms with Gasteiger partial charge in [-0.25, -0.2) is 0 Å². The number of guanidine groups is 2. The van der Waals surface area contributed by atoms with Crippen molar-refractivity contribution in [2.24, 2.45) is 44.6 Å². The average Bonchev–Trinajstić information content (AvgIpc) is 3.48. The van der Waals surface area contributed by atoms with Gasteiger partial charge in [0.15, 0.2) is 11.9 Å². The predicted octanol–water partition coefficient (Wildman–Crippen LogP) is -0.734. The first-order valence-electron chi connectivity index (χ1n) is 27.8. The number of aliphatic imine (C=N–C) groups is 2. The summed E-state index contributed by atoms with van der Waals surface area (Å²) >= 11 is 0. The Morgan fingerprint density at radius 2 is 1.12 bits per heavy atom. The van der Waals surface area contributed by atoms with Gasteiger partial charge in [0.25, 0.3) is 0 Å². The molecule has 3 aromatic rings. The number of hydrogen-bond donors (Lipinski definition) is 13. The maximum atomic E-state index is 15.2. The fourth-order valence-corrected chi connectivity index (χ4v) is 9.03. The molecular weight excluding hydrogens is 1050 g/mol. The standard InChI is InChI=1S/C57H83N15O10/c1-36(2)31-43(50(58)77)68-51(78)42(20-14-29-65-57(61)62)67-49(76)35-72-30-12-4-3-11-27-63-47(74)25-26-48(75)66-41(19-13-28-64-56(59)60)52(79)69-45(33-39-21-23-40(73)24-22-39)53(80)70-44(32-37-15-7-5-8-16-37)54(81)71-46(55(72)82)34-38-17-9-6-10-18-38/h5-10,15-18,21-24,36,41-46,73H,3-4,11-14,19-20,25-35H2,1-2H3,(H2,58,77)(H,63,74)(H,66,75)(H,67,76)(H,68,78)(H,69,79)(H,70,80)(H,71,81)(H4,59,60,64)(H4,61,62,65)/t41-,42-,43-,44-,45-,46+/m0/s1. The van der Waals surface area contributed by atoms with Gasteiger partial charge in [0, 0.05) is 58.3 Å². The Balaban J connectivity index is 1.78. The van der Waals surface area contributed by atoms with Crippen molar-refractivity contribution in [2.75, 3.05) is 32.7 Å². The molecule has 18 N–H and O–H groups in total. The fraction of sp³-hybridized carbons (Fsp3) is 0.491. The minimum Gasteiger partial charge on any atom is -0.508 e. The van der Waals surface area contributed by atoms with Crippen LogP contribution < -0.4 is 65.9 Å². The van der Waals surface area contributed by atoms with E-state index < -0.39 is 96.0 Å². The smallest absolute Gasteiger partial charge is 0.245 e. The number of amides is 9. The highest BCUT2D eigenvalue weighted by Crippen LogP contribution is 2.16. The summed E-state index contributed by atoms with van der Waals surface area (Å²) in [4.78, 5) is 135. The minimum absolute atomic E-state index is 0.00643. The lowest BCUT2D eigenvalue weighted by Crippen LogP contribution is -2.60. The largest absolute Gasteiger partial charge is 0.508 e. The lowest BCUT2D eigenvalue weighted by molar-refractivity contribution is -0.140. The molecule has 6 atom stereocenters. The molecule has 82 heavy (non-hydrogen) atoms. The topological polar surface area (TPSA) is 416 Å². The molecule has 1 fully saturated rings. The second-order valence-electron chi connectivity index (χ2n) is 20.7. The number of rotatable bonds is 22. The van der Waals surface area contributed by atoms with E-state index in [0.29, 0.717) is 42.4 Å². The van der Waals surface area contributed by atoms with Gasteiger partial charge in [-0.05, 0) is 79.7 Å². The van der Waals surface area contributed by atoms with E-state index in [-0.39, 0.29) is 114 Å². The molecule has 0 saturated carbocycles. The zero-order chi connectivity index (χ0) is 60.0. The molecule has 1 aliphatic rings. The second-order valence-corrected chi connectivity index (χ2v) is 20.7. The molecular formula is C57H83N15O10. The highest BCUT2D eigenvalue weighted by Gasteiger charge is 2.35. The number of nitrogens with one attached hydrogen (secondary N) is 7. The van der Waals surface area contributed by atoms with Crippen molar-refractivity contribution in [1.29, 1.82) is 0 Å². The lowest BCUT2D eigenvalue weighted by Gasteiger charge is -2.30. The summed E-state index contributed by atoms with van der Waals surface area (Å²) in [7, 11) is 0. The van der Waals surface area contributed by atoms with Crippen LogP contribution >= 0.6 is 0 Å². The van der Waals surface area contributed by atoms with E-state index >= 15 is 9.59 Å². The Labute approximate surface area is 478 Å². The molecule has 25 heteroatoms. The van der Waals surface area contributed by atoms with Crippen LogP contribution in [-0.4, -0.2) is 144 Å². The molecule has 0 spiro atoms. The first-order valence-corrected chi connectivity index (χ1v) is 27.8. The molecule has 0 aromatic heterocycles. The monoisotopic (exact) mass is 1140 g/mol. The van der Waals surface area contributed by atoms with Gasteiger partial charge < -0.3 is 75.9 Å². The Morgan fingerprint density at radius 3 is 1.68 bits per heavy atom. The Morgan fingerprint density at radius 1 is 0.610 bits per heavy atom. The number of nitrogens with zero attached hydrogens (tertiary/aromatic N) is 3. The third-order valence-corrected chi connectivity index (χ3v) is 13.3. The van der Waals surface area contributed by atoms with Crippen molar-refractivity contribution >= 4 is 65.1 Å². The van der Waals surface area contributed by atoms with Crippen LogP contribution in [0.25, 0.3) is 0 Å². The van der Waals surface area contributed by atoms with Crippen LogP contribution in [-0.2, 0) is 62.4 Å². The van der Waals surface area contributed by atoms with E-state index in [1.807, 2.05) is 13.8 Å². The van der Waals surface area contributed by atoms with Crippen LogP contribution in [0.3, 0.4) is 0 Å². The molecule has 1 heterocycles. The summed E-state index contributed by atoms with van der Waals surface area (Å²) in [5.41, 5.74) is 29.6. The predicted molar refractivity (Wildman–Crippen MR) is 309 cm³/mol. The minimum atomic E-state index is -1.40. The molecule has 0 radical (unpaired) electrons. The summed E-state index contributed by atoms with van der Waals surface area (Å²) < 4.78 is 0. The number of hydrogen-bond acceptors (Lipinski definition) is 12. The zero-order valence-electron chi connectivity index (χ0n) is 46.9. The number of primary amides is 1. The first-order chi connectivity index (χ1) is 39.2. The van der Waals surface area contributed by atoms with Crippen LogP contribution in [0.5, 0.6) is 5.75 Å². The number of nitrogens with two attached hydrogens (primary N) is 5. The van der Waals surface area contributed by atoms with Crippen molar-refractivity contribution in [1.82, 2.24) is 42.1 Å². The maximum absolute atomic E-state index is 15.2. The SMILES string of the molecule is CC(C)C[C@H](NC(=O)[C@H](CCCN=C(N)N)NC(=O)CN1CCCCCCNC(=O)CCC(=O)N[C@@H](CCCN=C(N)N)C(=O)N[C@@H](Cc2ccc(O)cc2)C(=O)N[C@@H](Cc2ccccc2)C(=O)N[C@H](Cc2ccccc2)C1=O)C(N)=O. The van der Waals surface area contributed by atoms with E-state index in [9.17, 15) is 38.7 Å². The maximum Gasteiger partial charge on any atom is 0.245 e. The van der Waals surface area contributed by atoms with Gasteiger partial charge in [-0.15, -0.1) is 0 Å². The van der Waals surface area contributed by atoms with Gasteiger partial charge in [-0.3, -0.25) is 53.1 Å². The Hall–Kier alpha value is -8.77. The van der Waals surface area contributed by atoms with E-state index in [1.165, 1.54) is 17.0 Å². The summed E-state index contributed by atoms with van der Waals surface area (Å²) in [6, 6.07) is 15.9. The van der Waals surface area contributed by atoms with Gasteiger partial charge in [0.05, 0.1) is 6.54 Å². The number of benzene rings is 3. The number of aromatic hydroxyl groups is 1. The van der Waals surface area contributed by atoms with Gasteiger partial charge in [0.2, 0.25) is 53.2 Å². The van der Waals surface area contributed by atoms with Gasteiger partial charge >= 0.3 is 0 Å². The number of phenols is 1. The molecule has 3 aromatic carbocycles. The van der Waals surface area contributed by atoms with Crippen LogP contribution in [0.4, 0.5) is 0 Å². The molecule has 1 saturated heterocycles. The van der Waals surface area contributed by atoms with E-state index in [0.717, 1.165) is 0 Å². The summed E-state index contributed by atoms with van der Waals surface area (Å²) in [6.07, 6.45) is 1.98. The van der Waals surface area contributed by atoms with Gasteiger partial charge in [-0.2, -0.15) is 0 Å². The molecule has 0 unspecified atom stereocenters. The third-order valence-electron chi connectivity index (χ3n) is 13.3. The Bertz CT molecular complexity index is 2630. The van der Waals surface area contributed by atoms with Crippen LogP contribution in [0.2, 0.25) is 0 Å². The first kappa shape index (κ1) is 65.7. The average molecular weight is 1140 g/mol. The van der Waals surface area contributed by atoms with Crippen molar-refractivity contribution in [3.8, 4) is 5.75 Å². The summed E-state index contributed by atoms with van der Waals surface area (Å²) in [6.45, 7) is 3.62. The second kappa shape index (κ2) is 35.1. The summed E-state index contributed by atoms with van der Waals surface area (Å²) in [5.74, 6) is -6.67. The van der Waals surface area contributed by atoms with Crippen LogP contribution in [0.1, 0.15) is 101 Å². The number of carbonyl (C=O) groups is 9. The van der Waals surface area contributed by atoms with Gasteiger partial charge in [0.1, 0.15) is 42.0 Å². The van der Waals surface area contributed by atoms with Gasteiger partial charge in [-0.1, -0.05) is 99.5 Å². The highest BCUT2D eigenvalue weighted by atomic mass is 16.3. The van der Waals surface area contributed by atoms with Crippen LogP contribution in [0.15, 0.2) is 94.9 Å². The molecule has 446 valence electrons. The quantitative estimate of drug-likeness (QED) is 0.0335. The molecule has 0 aliphatic carbocycles. The van der Waals surface area contributed by atoms with Crippen LogP contribution in [0, 0.1) is 5.92 Å². The fourth-order valence-electron chi connectivity index (χ4n) is 9.03. The van der Waals surface area contributed by atoms with Crippen molar-refractivity contribution in [2.45, 2.75) is 140 Å². The van der Waals surface area contributed by atoms with E-state index in [2.05, 4.69) is 47.2 Å². The molecule has 25 nitrogen and oxygen atoms in total. The Kier molecular flexibility index (Phi) is 28.1. The molecule has 4 rings (SSSR count). The van der Waals surface area contributed by atoms with E-state index in [4.69, 9.17) is 28.7 Å². The van der Waals surface area contributed by atoms with Crippen molar-refractivity contribution in [3.05, 3.63) is 102 Å². The lowest BCUT2D eigenvalue weighted by atomic mass is 10.00. The van der Waals surface area contributed by atoms with Crippen molar-refractivity contribution < 1.29 is 48.3 Å². The third kappa shape index (κ3) is 25.1. The number of carbonyl (C=O) groups excluding carboxylic acids is 9. The van der Waals surface area contributed by atoms with Crippen molar-refractivity contribution in [3.63, 3.8) is 0 Å². The zero-order valence-corrected chi connectivity index (χ0v) is 46.9. The molecule has 9 amide bonds. The van der Waals surface area contributed by atoms with E-state index in [1.54, 1.807) is 72.8 Å². The summed E-state index contributed by atoms with van der Waals surface area (Å²) in [5, 5.41) is 29.5. The number of phenolic OH excluding ortho intramolecular Hbond substituents is 1. The normalized spacial score (nSPS) is 19.1. The highest BCUT2D eigenvalue weighted by molar-refractivity contribution is 5.97. The molecule has 1 aliphatic heterocycles.